The number of hydrogen-bond donors (Lipinski definition) is 1. The average molecular weight is 382 g/mol. The van der Waals surface area contributed by atoms with Gasteiger partial charge >= 0.3 is 6.18 Å². The van der Waals surface area contributed by atoms with E-state index in [1.54, 1.807) is 12.1 Å². The number of hydrogen-bond acceptors (Lipinski definition) is 5. The Morgan fingerprint density at radius 3 is 2.81 bits per heavy atom. The Hall–Kier alpha value is -2.42. The Balaban J connectivity index is 1.57. The van der Waals surface area contributed by atoms with Gasteiger partial charge in [-0.3, -0.25) is 9.69 Å². The van der Waals surface area contributed by atoms with E-state index in [2.05, 4.69) is 15.0 Å². The molecule has 0 bridgehead atoms. The van der Waals surface area contributed by atoms with Crippen molar-refractivity contribution in [1.29, 1.82) is 0 Å². The number of likely N-dealkylation sites (tertiary alicyclic amines) is 1. The van der Waals surface area contributed by atoms with Crippen molar-refractivity contribution in [3.8, 4) is 0 Å². The van der Waals surface area contributed by atoms with Crippen LogP contribution in [0.4, 0.5) is 13.2 Å². The third-order valence-electron chi connectivity index (χ3n) is 4.80. The van der Waals surface area contributed by atoms with Gasteiger partial charge in [0, 0.05) is 6.54 Å². The second kappa shape index (κ2) is 8.08. The molecular weight excluding hydrogens is 361 g/mol. The molecule has 6 nitrogen and oxygen atoms in total. The molecule has 0 radical (unpaired) electrons. The highest BCUT2D eigenvalue weighted by molar-refractivity contribution is 5.88. The van der Waals surface area contributed by atoms with E-state index in [1.165, 1.54) is 6.07 Å². The summed E-state index contributed by atoms with van der Waals surface area (Å²) in [6.45, 7) is 1.97. The minimum atomic E-state index is -4.33. The molecule has 1 aliphatic heterocycles. The SMILES string of the molecule is NC(=O)c1noc(CN2CCCC(CCc3ccccc3C(F)(F)F)C2)n1. The quantitative estimate of drug-likeness (QED) is 0.830. The topological polar surface area (TPSA) is 85.2 Å². The Morgan fingerprint density at radius 1 is 1.33 bits per heavy atom. The summed E-state index contributed by atoms with van der Waals surface area (Å²) in [6, 6.07) is 5.74. The van der Waals surface area contributed by atoms with Crippen molar-refractivity contribution in [3.63, 3.8) is 0 Å². The number of primary amides is 1. The molecule has 1 fully saturated rings. The van der Waals surface area contributed by atoms with Gasteiger partial charge in [-0.25, -0.2) is 0 Å². The molecule has 9 heteroatoms. The van der Waals surface area contributed by atoms with Crippen LogP contribution in [0.25, 0.3) is 0 Å². The molecule has 1 aromatic carbocycles. The minimum Gasteiger partial charge on any atom is -0.363 e. The van der Waals surface area contributed by atoms with E-state index in [9.17, 15) is 18.0 Å². The molecular formula is C18H21F3N4O2. The van der Waals surface area contributed by atoms with Gasteiger partial charge in [0.05, 0.1) is 12.1 Å². The summed E-state index contributed by atoms with van der Waals surface area (Å²) in [5.41, 5.74) is 4.89. The predicted octanol–water partition coefficient (Wildman–Crippen LogP) is 3.03. The number of halogens is 3. The van der Waals surface area contributed by atoms with Crippen molar-refractivity contribution in [1.82, 2.24) is 15.0 Å². The summed E-state index contributed by atoms with van der Waals surface area (Å²) >= 11 is 0. The number of benzene rings is 1. The van der Waals surface area contributed by atoms with Crippen molar-refractivity contribution in [2.75, 3.05) is 13.1 Å². The van der Waals surface area contributed by atoms with E-state index in [0.29, 0.717) is 36.8 Å². The van der Waals surface area contributed by atoms with Crippen LogP contribution in [0.5, 0.6) is 0 Å². The smallest absolute Gasteiger partial charge is 0.363 e. The molecule has 2 aromatic rings. The first-order valence-electron chi connectivity index (χ1n) is 8.83. The molecule has 0 aliphatic carbocycles. The molecule has 1 aromatic heterocycles. The lowest BCUT2D eigenvalue weighted by molar-refractivity contribution is -0.138. The summed E-state index contributed by atoms with van der Waals surface area (Å²) in [4.78, 5) is 17.1. The van der Waals surface area contributed by atoms with Crippen molar-refractivity contribution in [2.24, 2.45) is 11.7 Å². The maximum absolute atomic E-state index is 13.1. The Bertz CT molecular complexity index is 791. The molecule has 1 saturated heterocycles. The van der Waals surface area contributed by atoms with E-state index in [1.807, 2.05) is 0 Å². The number of aryl methyl sites for hydroxylation is 1. The van der Waals surface area contributed by atoms with Gasteiger partial charge in [0.2, 0.25) is 5.89 Å². The third kappa shape index (κ3) is 5.06. The monoisotopic (exact) mass is 382 g/mol. The lowest BCUT2D eigenvalue weighted by Crippen LogP contribution is -2.35. The molecule has 1 amide bonds. The van der Waals surface area contributed by atoms with Crippen molar-refractivity contribution < 1.29 is 22.5 Å². The molecule has 1 aliphatic rings. The van der Waals surface area contributed by atoms with Gasteiger partial charge in [-0.15, -0.1) is 0 Å². The number of amides is 1. The first kappa shape index (κ1) is 19.3. The van der Waals surface area contributed by atoms with Crippen LogP contribution in [0.2, 0.25) is 0 Å². The highest BCUT2D eigenvalue weighted by Crippen LogP contribution is 2.33. The molecule has 1 atom stereocenters. The van der Waals surface area contributed by atoms with E-state index in [4.69, 9.17) is 10.3 Å². The predicted molar refractivity (Wildman–Crippen MR) is 90.6 cm³/mol. The van der Waals surface area contributed by atoms with E-state index in [0.717, 1.165) is 32.0 Å². The molecule has 0 saturated carbocycles. The van der Waals surface area contributed by atoms with Gasteiger partial charge in [0.25, 0.3) is 11.7 Å². The largest absolute Gasteiger partial charge is 0.416 e. The first-order chi connectivity index (χ1) is 12.8. The average Bonchev–Trinajstić information content (AvgIpc) is 3.09. The zero-order valence-corrected chi connectivity index (χ0v) is 14.7. The number of piperidine rings is 1. The van der Waals surface area contributed by atoms with Crippen LogP contribution >= 0.6 is 0 Å². The summed E-state index contributed by atoms with van der Waals surface area (Å²) in [5.74, 6) is -0.294. The molecule has 27 heavy (non-hydrogen) atoms. The zero-order valence-electron chi connectivity index (χ0n) is 14.7. The summed E-state index contributed by atoms with van der Waals surface area (Å²) in [7, 11) is 0. The molecule has 2 heterocycles. The fraction of sp³-hybridized carbons (Fsp3) is 0.500. The van der Waals surface area contributed by atoms with E-state index in [-0.39, 0.29) is 5.82 Å². The van der Waals surface area contributed by atoms with Crippen LogP contribution in [0.15, 0.2) is 28.8 Å². The fourth-order valence-corrected chi connectivity index (χ4v) is 3.52. The summed E-state index contributed by atoms with van der Waals surface area (Å²) in [6.07, 6.45) is -1.34. The Labute approximate surface area is 154 Å². The molecule has 2 N–H and O–H groups in total. The number of rotatable bonds is 6. The van der Waals surface area contributed by atoms with Gasteiger partial charge in [-0.05, 0) is 49.8 Å². The van der Waals surface area contributed by atoms with Gasteiger partial charge < -0.3 is 10.3 Å². The molecule has 146 valence electrons. The van der Waals surface area contributed by atoms with Crippen molar-refractivity contribution >= 4 is 5.91 Å². The van der Waals surface area contributed by atoms with Crippen LogP contribution in [-0.2, 0) is 19.1 Å². The van der Waals surface area contributed by atoms with Crippen molar-refractivity contribution in [3.05, 3.63) is 47.1 Å². The Kier molecular flexibility index (Phi) is 5.79. The number of carbonyl (C=O) groups excluding carboxylic acids is 1. The van der Waals surface area contributed by atoms with E-state index < -0.39 is 17.6 Å². The fourth-order valence-electron chi connectivity index (χ4n) is 3.52. The van der Waals surface area contributed by atoms with Gasteiger partial charge in [-0.2, -0.15) is 18.2 Å². The second-order valence-electron chi connectivity index (χ2n) is 6.81. The minimum absolute atomic E-state index is 0.151. The zero-order chi connectivity index (χ0) is 19.4. The summed E-state index contributed by atoms with van der Waals surface area (Å²) in [5, 5.41) is 3.52. The molecule has 1 unspecified atom stereocenters. The highest BCUT2D eigenvalue weighted by atomic mass is 19.4. The highest BCUT2D eigenvalue weighted by Gasteiger charge is 2.33. The molecule has 0 spiro atoms. The van der Waals surface area contributed by atoms with Gasteiger partial charge in [0.15, 0.2) is 0 Å². The molecule has 3 rings (SSSR count). The standard InChI is InChI=1S/C18H21F3N4O2/c19-18(20,21)14-6-2-1-5-13(14)8-7-12-4-3-9-25(10-12)11-15-23-17(16(22)26)24-27-15/h1-2,5-6,12H,3-4,7-11H2,(H2,22,26). The first-order valence-corrected chi connectivity index (χ1v) is 8.83. The van der Waals surface area contributed by atoms with Gasteiger partial charge in [-0.1, -0.05) is 23.4 Å². The maximum Gasteiger partial charge on any atom is 0.416 e. The lowest BCUT2D eigenvalue weighted by Gasteiger charge is -2.31. The van der Waals surface area contributed by atoms with E-state index >= 15 is 0 Å². The number of nitrogens with zero attached hydrogens (tertiary/aromatic N) is 3. The van der Waals surface area contributed by atoms with Crippen LogP contribution in [0.3, 0.4) is 0 Å². The normalized spacial score (nSPS) is 18.6. The number of carbonyl (C=O) groups is 1. The second-order valence-corrected chi connectivity index (χ2v) is 6.81. The van der Waals surface area contributed by atoms with Crippen LogP contribution in [0, 0.1) is 5.92 Å². The van der Waals surface area contributed by atoms with Crippen LogP contribution in [0.1, 0.15) is 46.9 Å². The number of aromatic nitrogens is 2. The number of nitrogens with two attached hydrogens (primary N) is 1. The Morgan fingerprint density at radius 2 is 2.11 bits per heavy atom. The van der Waals surface area contributed by atoms with Crippen molar-refractivity contribution in [2.45, 2.75) is 38.4 Å². The number of alkyl halides is 3. The lowest BCUT2D eigenvalue weighted by atomic mass is 9.90. The summed E-state index contributed by atoms with van der Waals surface area (Å²) < 4.78 is 44.4. The van der Waals surface area contributed by atoms with Crippen LogP contribution < -0.4 is 5.73 Å². The van der Waals surface area contributed by atoms with Crippen LogP contribution in [-0.4, -0.2) is 34.0 Å². The maximum atomic E-state index is 13.1. The third-order valence-corrected chi connectivity index (χ3v) is 4.80. The van der Waals surface area contributed by atoms with Gasteiger partial charge in [0.1, 0.15) is 0 Å².